The smallest absolute Gasteiger partial charge is 0.220 e. The van der Waals surface area contributed by atoms with Crippen LogP contribution in [-0.2, 0) is 11.3 Å². The number of hydrogen-bond donors (Lipinski definition) is 1. The number of aromatic nitrogens is 2. The molecule has 3 rings (SSSR count). The molecule has 1 aromatic heterocycles. The summed E-state index contributed by atoms with van der Waals surface area (Å²) in [6.07, 6.45) is 5.05. The summed E-state index contributed by atoms with van der Waals surface area (Å²) >= 11 is 0. The number of hydrogen-bond acceptors (Lipinski definition) is 5. The molecule has 0 bridgehead atoms. The van der Waals surface area contributed by atoms with Gasteiger partial charge in [-0.05, 0) is 18.6 Å². The SMILES string of the molecule is COc1ccc(-c2nccn2CC2CCC(=O)N2)c(OC)c1OC. The van der Waals surface area contributed by atoms with Gasteiger partial charge in [0.1, 0.15) is 5.82 Å². The fourth-order valence-electron chi connectivity index (χ4n) is 3.03. The molecule has 1 fully saturated rings. The highest BCUT2D eigenvalue weighted by molar-refractivity contribution is 5.78. The van der Waals surface area contributed by atoms with Crippen LogP contribution in [0.2, 0.25) is 0 Å². The minimum Gasteiger partial charge on any atom is -0.493 e. The van der Waals surface area contributed by atoms with Gasteiger partial charge in [-0.15, -0.1) is 0 Å². The maximum Gasteiger partial charge on any atom is 0.220 e. The Kier molecular flexibility index (Phi) is 4.59. The van der Waals surface area contributed by atoms with Crippen LogP contribution in [0.4, 0.5) is 0 Å². The second-order valence-corrected chi connectivity index (χ2v) is 5.59. The quantitative estimate of drug-likeness (QED) is 0.874. The Labute approximate surface area is 140 Å². The molecule has 24 heavy (non-hydrogen) atoms. The number of benzene rings is 1. The average Bonchev–Trinajstić information content (AvgIpc) is 3.22. The largest absolute Gasteiger partial charge is 0.493 e. The molecule has 1 aromatic carbocycles. The van der Waals surface area contributed by atoms with Gasteiger partial charge in [-0.2, -0.15) is 0 Å². The predicted molar refractivity (Wildman–Crippen MR) is 88.5 cm³/mol. The molecule has 0 spiro atoms. The highest BCUT2D eigenvalue weighted by atomic mass is 16.5. The number of carbonyl (C=O) groups is 1. The molecule has 7 nitrogen and oxygen atoms in total. The first kappa shape index (κ1) is 16.2. The van der Waals surface area contributed by atoms with E-state index in [0.29, 0.717) is 30.2 Å². The van der Waals surface area contributed by atoms with Crippen molar-refractivity contribution in [1.82, 2.24) is 14.9 Å². The van der Waals surface area contributed by atoms with Crippen LogP contribution in [0.25, 0.3) is 11.4 Å². The van der Waals surface area contributed by atoms with E-state index >= 15 is 0 Å². The van der Waals surface area contributed by atoms with Crippen LogP contribution < -0.4 is 19.5 Å². The van der Waals surface area contributed by atoms with Crippen molar-refractivity contribution in [2.75, 3.05) is 21.3 Å². The lowest BCUT2D eigenvalue weighted by molar-refractivity contribution is -0.119. The molecular formula is C17H21N3O4. The van der Waals surface area contributed by atoms with E-state index in [9.17, 15) is 4.79 Å². The first-order valence-electron chi connectivity index (χ1n) is 7.77. The zero-order valence-corrected chi connectivity index (χ0v) is 14.0. The molecule has 1 aliphatic heterocycles. The van der Waals surface area contributed by atoms with E-state index in [0.717, 1.165) is 17.8 Å². The monoisotopic (exact) mass is 331 g/mol. The van der Waals surface area contributed by atoms with Crippen molar-refractivity contribution in [2.24, 2.45) is 0 Å². The molecule has 128 valence electrons. The number of methoxy groups -OCH3 is 3. The van der Waals surface area contributed by atoms with E-state index in [1.165, 1.54) is 0 Å². The zero-order chi connectivity index (χ0) is 17.1. The van der Waals surface area contributed by atoms with Crippen LogP contribution in [0.3, 0.4) is 0 Å². The van der Waals surface area contributed by atoms with Crippen LogP contribution in [-0.4, -0.2) is 42.8 Å². The highest BCUT2D eigenvalue weighted by Crippen LogP contribution is 2.43. The predicted octanol–water partition coefficient (Wildman–Crippen LogP) is 1.85. The van der Waals surface area contributed by atoms with E-state index in [1.54, 1.807) is 27.5 Å². The Bertz CT molecular complexity index is 741. The fraction of sp³-hybridized carbons (Fsp3) is 0.412. The second-order valence-electron chi connectivity index (χ2n) is 5.59. The van der Waals surface area contributed by atoms with Gasteiger partial charge in [-0.1, -0.05) is 0 Å². The Morgan fingerprint density at radius 1 is 1.21 bits per heavy atom. The summed E-state index contributed by atoms with van der Waals surface area (Å²) in [6, 6.07) is 3.84. The van der Waals surface area contributed by atoms with Crippen LogP contribution >= 0.6 is 0 Å². The first-order chi connectivity index (χ1) is 11.7. The Hall–Kier alpha value is -2.70. The minimum absolute atomic E-state index is 0.102. The standard InChI is InChI=1S/C17H21N3O4/c1-22-13-6-5-12(15(23-2)16(13)24-3)17-18-8-9-20(17)10-11-4-7-14(21)19-11/h5-6,8-9,11H,4,7,10H2,1-3H3,(H,19,21). The molecule has 2 aromatic rings. The second kappa shape index (κ2) is 6.82. The average molecular weight is 331 g/mol. The van der Waals surface area contributed by atoms with Gasteiger partial charge < -0.3 is 24.1 Å². The van der Waals surface area contributed by atoms with Crippen molar-refractivity contribution < 1.29 is 19.0 Å². The number of ether oxygens (including phenoxy) is 3. The molecule has 0 radical (unpaired) electrons. The molecule has 1 N–H and O–H groups in total. The molecule has 7 heteroatoms. The molecule has 1 amide bonds. The van der Waals surface area contributed by atoms with Crippen molar-refractivity contribution in [3.63, 3.8) is 0 Å². The number of rotatable bonds is 6. The van der Waals surface area contributed by atoms with E-state index in [2.05, 4.69) is 10.3 Å². The van der Waals surface area contributed by atoms with Crippen LogP contribution in [0.1, 0.15) is 12.8 Å². The van der Waals surface area contributed by atoms with Gasteiger partial charge >= 0.3 is 0 Å². The Balaban J connectivity index is 1.98. The molecule has 0 saturated carbocycles. The van der Waals surface area contributed by atoms with E-state index in [4.69, 9.17) is 14.2 Å². The summed E-state index contributed by atoms with van der Waals surface area (Å²) in [5.41, 5.74) is 0.810. The first-order valence-corrected chi connectivity index (χ1v) is 7.77. The normalized spacial score (nSPS) is 16.8. The lowest BCUT2D eigenvalue weighted by atomic mass is 10.1. The number of amides is 1. The lowest BCUT2D eigenvalue weighted by Gasteiger charge is -2.17. The summed E-state index contributed by atoms with van der Waals surface area (Å²) in [7, 11) is 4.75. The highest BCUT2D eigenvalue weighted by Gasteiger charge is 2.24. The van der Waals surface area contributed by atoms with Gasteiger partial charge in [0.2, 0.25) is 11.7 Å². The molecule has 1 saturated heterocycles. The minimum atomic E-state index is 0.102. The molecular weight excluding hydrogens is 310 g/mol. The fourth-order valence-corrected chi connectivity index (χ4v) is 3.03. The van der Waals surface area contributed by atoms with Crippen molar-refractivity contribution in [2.45, 2.75) is 25.4 Å². The van der Waals surface area contributed by atoms with E-state index < -0.39 is 0 Å². The van der Waals surface area contributed by atoms with Gasteiger partial charge in [-0.3, -0.25) is 4.79 Å². The third-order valence-corrected chi connectivity index (χ3v) is 4.16. The third-order valence-electron chi connectivity index (χ3n) is 4.16. The molecule has 0 aliphatic carbocycles. The van der Waals surface area contributed by atoms with Crippen LogP contribution in [0.15, 0.2) is 24.5 Å². The molecule has 1 atom stereocenters. The third kappa shape index (κ3) is 2.89. The van der Waals surface area contributed by atoms with Crippen molar-refractivity contribution in [3.05, 3.63) is 24.5 Å². The Morgan fingerprint density at radius 2 is 2.00 bits per heavy atom. The summed E-state index contributed by atoms with van der Waals surface area (Å²) in [6.45, 7) is 0.665. The topological polar surface area (TPSA) is 74.6 Å². The lowest BCUT2D eigenvalue weighted by Crippen LogP contribution is -2.29. The number of nitrogens with one attached hydrogen (secondary N) is 1. The van der Waals surface area contributed by atoms with Crippen molar-refractivity contribution in [3.8, 4) is 28.6 Å². The molecule has 1 unspecified atom stereocenters. The number of carbonyl (C=O) groups excluding carboxylic acids is 1. The van der Waals surface area contributed by atoms with E-state index in [-0.39, 0.29) is 11.9 Å². The van der Waals surface area contributed by atoms with E-state index in [1.807, 2.05) is 22.9 Å². The Morgan fingerprint density at radius 3 is 2.62 bits per heavy atom. The molecule has 2 heterocycles. The van der Waals surface area contributed by atoms with Crippen molar-refractivity contribution in [1.29, 1.82) is 0 Å². The maximum absolute atomic E-state index is 11.4. The van der Waals surface area contributed by atoms with Gasteiger partial charge in [0, 0.05) is 31.4 Å². The number of imidazole rings is 1. The number of nitrogens with zero attached hydrogens (tertiary/aromatic N) is 2. The zero-order valence-electron chi connectivity index (χ0n) is 14.0. The van der Waals surface area contributed by atoms with Crippen LogP contribution in [0.5, 0.6) is 17.2 Å². The molecule has 1 aliphatic rings. The van der Waals surface area contributed by atoms with Gasteiger partial charge in [0.05, 0.1) is 26.9 Å². The van der Waals surface area contributed by atoms with Crippen LogP contribution in [0, 0.1) is 0 Å². The summed E-state index contributed by atoms with van der Waals surface area (Å²) in [5.74, 6) is 2.56. The van der Waals surface area contributed by atoms with Gasteiger partial charge in [0.25, 0.3) is 0 Å². The maximum atomic E-state index is 11.4. The van der Waals surface area contributed by atoms with Gasteiger partial charge in [0.15, 0.2) is 11.5 Å². The summed E-state index contributed by atoms with van der Waals surface area (Å²) in [4.78, 5) is 15.9. The van der Waals surface area contributed by atoms with Gasteiger partial charge in [-0.25, -0.2) is 4.98 Å². The summed E-state index contributed by atoms with van der Waals surface area (Å²) in [5, 5.41) is 2.98. The van der Waals surface area contributed by atoms with Crippen molar-refractivity contribution >= 4 is 5.91 Å². The summed E-state index contributed by atoms with van der Waals surface area (Å²) < 4.78 is 18.3.